The SMILES string of the molecule is CC(C)(C)c1ccc2c(c1)C(c1ccccc1)(c1cccc(Br)n1)c1cc(C(C)(C)C)ccc1-2. The van der Waals surface area contributed by atoms with Crippen LogP contribution in [0.1, 0.15) is 75.1 Å². The molecule has 0 unspecified atom stereocenters. The Bertz CT molecular complexity index is 1310. The molecule has 4 aromatic rings. The minimum Gasteiger partial charge on any atom is -0.244 e. The molecule has 0 bridgehead atoms. The van der Waals surface area contributed by atoms with E-state index in [4.69, 9.17) is 4.98 Å². The van der Waals surface area contributed by atoms with Crippen LogP contribution in [0.4, 0.5) is 0 Å². The number of fused-ring (bicyclic) bond motifs is 3. The van der Waals surface area contributed by atoms with E-state index in [1.165, 1.54) is 38.9 Å². The highest BCUT2D eigenvalue weighted by molar-refractivity contribution is 9.10. The lowest BCUT2D eigenvalue weighted by Gasteiger charge is -2.34. The molecule has 0 amide bonds. The average Bonchev–Trinajstić information content (AvgIpc) is 3.08. The van der Waals surface area contributed by atoms with E-state index in [2.05, 4.69) is 136 Å². The van der Waals surface area contributed by atoms with Gasteiger partial charge in [0.2, 0.25) is 0 Å². The van der Waals surface area contributed by atoms with Crippen molar-refractivity contribution in [2.45, 2.75) is 57.8 Å². The zero-order valence-electron chi connectivity index (χ0n) is 20.9. The molecule has 1 aromatic heterocycles. The fourth-order valence-corrected chi connectivity index (χ4v) is 5.64. The van der Waals surface area contributed by atoms with Gasteiger partial charge in [-0.2, -0.15) is 0 Å². The van der Waals surface area contributed by atoms with Gasteiger partial charge in [0.15, 0.2) is 0 Å². The van der Waals surface area contributed by atoms with E-state index in [9.17, 15) is 0 Å². The molecule has 34 heavy (non-hydrogen) atoms. The van der Waals surface area contributed by atoms with Crippen molar-refractivity contribution < 1.29 is 0 Å². The van der Waals surface area contributed by atoms with Gasteiger partial charge in [-0.25, -0.2) is 4.98 Å². The maximum absolute atomic E-state index is 5.10. The first-order chi connectivity index (χ1) is 16.0. The van der Waals surface area contributed by atoms with Crippen molar-refractivity contribution in [2.24, 2.45) is 0 Å². The summed E-state index contributed by atoms with van der Waals surface area (Å²) in [6.45, 7) is 13.7. The minimum atomic E-state index is -0.488. The molecule has 172 valence electrons. The predicted octanol–water partition coefficient (Wildman–Crippen LogP) is 8.80. The summed E-state index contributed by atoms with van der Waals surface area (Å²) in [6, 6.07) is 31.3. The Morgan fingerprint density at radius 1 is 0.618 bits per heavy atom. The first kappa shape index (κ1) is 23.1. The Balaban J connectivity index is 1.97. The maximum Gasteiger partial charge on any atom is 0.106 e. The highest BCUT2D eigenvalue weighted by Gasteiger charge is 2.48. The van der Waals surface area contributed by atoms with E-state index in [1.54, 1.807) is 0 Å². The molecule has 1 aliphatic rings. The van der Waals surface area contributed by atoms with Crippen molar-refractivity contribution in [1.82, 2.24) is 4.98 Å². The van der Waals surface area contributed by atoms with Crippen molar-refractivity contribution in [2.75, 3.05) is 0 Å². The summed E-state index contributed by atoms with van der Waals surface area (Å²) in [6.07, 6.45) is 0. The van der Waals surface area contributed by atoms with E-state index in [0.29, 0.717) is 0 Å². The number of aromatic nitrogens is 1. The van der Waals surface area contributed by atoms with E-state index >= 15 is 0 Å². The van der Waals surface area contributed by atoms with Crippen LogP contribution in [0.25, 0.3) is 11.1 Å². The summed E-state index contributed by atoms with van der Waals surface area (Å²) in [5.74, 6) is 0. The molecular weight excluding hydrogens is 478 g/mol. The summed E-state index contributed by atoms with van der Waals surface area (Å²) >= 11 is 3.67. The lowest BCUT2D eigenvalue weighted by atomic mass is 9.68. The molecule has 0 fully saturated rings. The van der Waals surface area contributed by atoms with Crippen LogP contribution < -0.4 is 0 Å². The minimum absolute atomic E-state index is 0.0491. The summed E-state index contributed by atoms with van der Waals surface area (Å²) in [4.78, 5) is 5.10. The monoisotopic (exact) mass is 509 g/mol. The fourth-order valence-electron chi connectivity index (χ4n) is 5.30. The molecule has 2 heteroatoms. The highest BCUT2D eigenvalue weighted by atomic mass is 79.9. The second-order valence-corrected chi connectivity index (χ2v) is 12.3. The van der Waals surface area contributed by atoms with Gasteiger partial charge < -0.3 is 0 Å². The molecule has 0 saturated heterocycles. The van der Waals surface area contributed by atoms with Crippen LogP contribution in [0.15, 0.2) is 89.5 Å². The topological polar surface area (TPSA) is 12.9 Å². The van der Waals surface area contributed by atoms with Crippen molar-refractivity contribution in [3.05, 3.63) is 123 Å². The Hall–Kier alpha value is -2.71. The smallest absolute Gasteiger partial charge is 0.106 e. The largest absolute Gasteiger partial charge is 0.244 e. The Morgan fingerprint density at radius 3 is 1.62 bits per heavy atom. The Labute approximate surface area is 212 Å². The van der Waals surface area contributed by atoms with Crippen molar-refractivity contribution in [1.29, 1.82) is 0 Å². The van der Waals surface area contributed by atoms with Gasteiger partial charge in [-0.05, 0) is 77.8 Å². The van der Waals surface area contributed by atoms with Gasteiger partial charge in [0.05, 0.1) is 11.1 Å². The van der Waals surface area contributed by atoms with Gasteiger partial charge >= 0.3 is 0 Å². The van der Waals surface area contributed by atoms with Gasteiger partial charge in [-0.3, -0.25) is 0 Å². The van der Waals surface area contributed by atoms with E-state index < -0.39 is 5.41 Å². The van der Waals surface area contributed by atoms with Crippen LogP contribution in [0, 0.1) is 0 Å². The van der Waals surface area contributed by atoms with E-state index in [0.717, 1.165) is 10.3 Å². The molecule has 0 aliphatic heterocycles. The van der Waals surface area contributed by atoms with Crippen LogP contribution in [-0.2, 0) is 16.2 Å². The third-order valence-corrected chi connectivity index (χ3v) is 7.62. The van der Waals surface area contributed by atoms with E-state index in [-0.39, 0.29) is 10.8 Å². The van der Waals surface area contributed by atoms with E-state index in [1.807, 2.05) is 6.07 Å². The third kappa shape index (κ3) is 3.55. The molecule has 0 N–H and O–H groups in total. The van der Waals surface area contributed by atoms with Crippen LogP contribution in [0.5, 0.6) is 0 Å². The predicted molar refractivity (Wildman–Crippen MR) is 147 cm³/mol. The van der Waals surface area contributed by atoms with Gasteiger partial charge in [0.25, 0.3) is 0 Å². The molecule has 1 nitrogen and oxygen atoms in total. The zero-order chi connectivity index (χ0) is 24.3. The van der Waals surface area contributed by atoms with Crippen LogP contribution >= 0.6 is 15.9 Å². The molecule has 1 aliphatic carbocycles. The summed E-state index contributed by atoms with van der Waals surface area (Å²) in [7, 11) is 0. The van der Waals surface area contributed by atoms with Crippen molar-refractivity contribution in [3.63, 3.8) is 0 Å². The second kappa shape index (κ2) is 7.92. The van der Waals surface area contributed by atoms with Crippen LogP contribution in [0.2, 0.25) is 0 Å². The number of nitrogens with zero attached hydrogens (tertiary/aromatic N) is 1. The number of benzene rings is 3. The summed E-state index contributed by atoms with van der Waals surface area (Å²) in [5, 5.41) is 0. The van der Waals surface area contributed by atoms with Crippen LogP contribution in [0.3, 0.4) is 0 Å². The van der Waals surface area contributed by atoms with Gasteiger partial charge in [-0.15, -0.1) is 0 Å². The lowest BCUT2D eigenvalue weighted by Crippen LogP contribution is -2.30. The third-order valence-electron chi connectivity index (χ3n) is 7.18. The zero-order valence-corrected chi connectivity index (χ0v) is 22.5. The molecule has 1 heterocycles. The summed E-state index contributed by atoms with van der Waals surface area (Å²) in [5.41, 5.74) is 9.82. The van der Waals surface area contributed by atoms with Crippen molar-refractivity contribution in [3.8, 4) is 11.1 Å². The number of pyridine rings is 1. The second-order valence-electron chi connectivity index (χ2n) is 11.5. The van der Waals surface area contributed by atoms with Gasteiger partial charge in [0, 0.05) is 0 Å². The maximum atomic E-state index is 5.10. The van der Waals surface area contributed by atoms with Crippen molar-refractivity contribution >= 4 is 15.9 Å². The molecular formula is C32H32BrN. The average molecular weight is 511 g/mol. The molecule has 0 saturated carbocycles. The number of halogens is 1. The number of rotatable bonds is 2. The van der Waals surface area contributed by atoms with Crippen LogP contribution in [-0.4, -0.2) is 4.98 Å². The molecule has 0 spiro atoms. The lowest BCUT2D eigenvalue weighted by molar-refractivity contribution is 0.585. The quantitative estimate of drug-likeness (QED) is 0.216. The normalized spacial score (nSPS) is 14.6. The molecule has 0 radical (unpaired) electrons. The summed E-state index contributed by atoms with van der Waals surface area (Å²) < 4.78 is 0.856. The van der Waals surface area contributed by atoms with Gasteiger partial charge in [-0.1, -0.05) is 114 Å². The fraction of sp³-hybridized carbons (Fsp3) is 0.281. The Morgan fingerprint density at radius 2 is 1.15 bits per heavy atom. The number of hydrogen-bond donors (Lipinski definition) is 0. The molecule has 5 rings (SSSR count). The van der Waals surface area contributed by atoms with Gasteiger partial charge in [0.1, 0.15) is 4.60 Å². The first-order valence-corrected chi connectivity index (χ1v) is 12.8. The first-order valence-electron chi connectivity index (χ1n) is 12.0. The molecule has 3 aromatic carbocycles. The number of hydrogen-bond acceptors (Lipinski definition) is 1. The Kier molecular flexibility index (Phi) is 5.37. The standard InChI is InChI=1S/C32H32BrN/c1-30(2,3)22-15-17-24-25-18-16-23(31(4,5)6)20-27(25)32(26(24)19-22,21-11-8-7-9-12-21)28-13-10-14-29(33)34-28/h7-20H,1-6H3. The molecule has 0 atom stereocenters. The highest BCUT2D eigenvalue weighted by Crippen LogP contribution is 2.57.